The first-order chi connectivity index (χ1) is 7.76. The Hall–Kier alpha value is -0.120. The smallest absolute Gasteiger partial charge is 0.0826 e. The van der Waals surface area contributed by atoms with Crippen LogP contribution in [-0.2, 0) is 4.74 Å². The number of morpholine rings is 1. The average Bonchev–Trinajstić information content (AvgIpc) is 2.30. The number of nitrogens with one attached hydrogen (secondary N) is 1. The summed E-state index contributed by atoms with van der Waals surface area (Å²) in [5, 5.41) is 3.53. The van der Waals surface area contributed by atoms with E-state index in [9.17, 15) is 0 Å². The standard InChI is InChI=1S/C13H28N2O/c1-4-6-12(3)9-14-10-13-11-15(5-2)7-8-16-13/h12-14H,4-11H2,1-3H3. The van der Waals surface area contributed by atoms with E-state index in [2.05, 4.69) is 31.0 Å². The summed E-state index contributed by atoms with van der Waals surface area (Å²) in [4.78, 5) is 2.46. The Balaban J connectivity index is 2.08. The van der Waals surface area contributed by atoms with E-state index in [0.717, 1.165) is 45.2 Å². The van der Waals surface area contributed by atoms with E-state index in [1.54, 1.807) is 0 Å². The van der Waals surface area contributed by atoms with Crippen molar-refractivity contribution in [1.29, 1.82) is 0 Å². The zero-order chi connectivity index (χ0) is 11.8. The molecule has 0 bridgehead atoms. The highest BCUT2D eigenvalue weighted by Crippen LogP contribution is 2.05. The van der Waals surface area contributed by atoms with Gasteiger partial charge < -0.3 is 10.1 Å². The van der Waals surface area contributed by atoms with Crippen LogP contribution in [-0.4, -0.2) is 50.3 Å². The summed E-state index contributed by atoms with van der Waals surface area (Å²) in [5.74, 6) is 0.788. The Morgan fingerprint density at radius 2 is 2.25 bits per heavy atom. The second kappa shape index (κ2) is 8.04. The first kappa shape index (κ1) is 13.9. The molecular formula is C13H28N2O. The quantitative estimate of drug-likeness (QED) is 0.718. The maximum atomic E-state index is 5.75. The maximum Gasteiger partial charge on any atom is 0.0826 e. The van der Waals surface area contributed by atoms with Gasteiger partial charge in [-0.05, 0) is 25.4 Å². The van der Waals surface area contributed by atoms with E-state index < -0.39 is 0 Å². The molecule has 1 rings (SSSR count). The lowest BCUT2D eigenvalue weighted by Crippen LogP contribution is -2.46. The molecule has 2 atom stereocenters. The number of nitrogens with zero attached hydrogens (tertiary/aromatic N) is 1. The lowest BCUT2D eigenvalue weighted by Gasteiger charge is -2.32. The summed E-state index contributed by atoms with van der Waals surface area (Å²) in [6.45, 7) is 13.1. The van der Waals surface area contributed by atoms with Crippen molar-refractivity contribution in [3.05, 3.63) is 0 Å². The molecule has 1 saturated heterocycles. The molecule has 0 aromatic carbocycles. The zero-order valence-corrected chi connectivity index (χ0v) is 11.2. The maximum absolute atomic E-state index is 5.75. The van der Waals surface area contributed by atoms with Crippen LogP contribution in [0.2, 0.25) is 0 Å². The molecule has 96 valence electrons. The summed E-state index contributed by atoms with van der Waals surface area (Å²) in [6, 6.07) is 0. The van der Waals surface area contributed by atoms with Crippen molar-refractivity contribution in [2.24, 2.45) is 5.92 Å². The van der Waals surface area contributed by atoms with E-state index in [1.807, 2.05) is 0 Å². The highest BCUT2D eigenvalue weighted by molar-refractivity contribution is 4.73. The van der Waals surface area contributed by atoms with Crippen LogP contribution < -0.4 is 5.32 Å². The summed E-state index contributed by atoms with van der Waals surface area (Å²) >= 11 is 0. The van der Waals surface area contributed by atoms with Crippen LogP contribution in [0.15, 0.2) is 0 Å². The van der Waals surface area contributed by atoms with Crippen LogP contribution in [0.5, 0.6) is 0 Å². The summed E-state index contributed by atoms with van der Waals surface area (Å²) < 4.78 is 5.75. The fourth-order valence-electron chi connectivity index (χ4n) is 2.28. The molecule has 0 spiro atoms. The van der Waals surface area contributed by atoms with Crippen LogP contribution in [0.4, 0.5) is 0 Å². The van der Waals surface area contributed by atoms with Gasteiger partial charge in [-0.1, -0.05) is 27.2 Å². The van der Waals surface area contributed by atoms with Gasteiger partial charge in [0.2, 0.25) is 0 Å². The van der Waals surface area contributed by atoms with E-state index in [4.69, 9.17) is 4.74 Å². The van der Waals surface area contributed by atoms with Crippen LogP contribution >= 0.6 is 0 Å². The zero-order valence-electron chi connectivity index (χ0n) is 11.2. The van der Waals surface area contributed by atoms with Gasteiger partial charge in [-0.2, -0.15) is 0 Å². The van der Waals surface area contributed by atoms with Crippen molar-refractivity contribution in [3.8, 4) is 0 Å². The minimum Gasteiger partial charge on any atom is -0.374 e. The molecule has 0 aliphatic carbocycles. The molecule has 0 radical (unpaired) electrons. The third-order valence-corrected chi connectivity index (χ3v) is 3.32. The summed E-state index contributed by atoms with van der Waals surface area (Å²) in [7, 11) is 0. The number of ether oxygens (including phenoxy) is 1. The number of rotatable bonds is 7. The molecule has 2 unspecified atom stereocenters. The monoisotopic (exact) mass is 228 g/mol. The second-order valence-electron chi connectivity index (χ2n) is 4.94. The molecular weight excluding hydrogens is 200 g/mol. The minimum atomic E-state index is 0.391. The third kappa shape index (κ3) is 5.28. The summed E-state index contributed by atoms with van der Waals surface area (Å²) in [5.41, 5.74) is 0. The van der Waals surface area contributed by atoms with Crippen LogP contribution in [0.3, 0.4) is 0 Å². The van der Waals surface area contributed by atoms with Crippen molar-refractivity contribution in [2.75, 3.05) is 39.3 Å². The number of hydrogen-bond donors (Lipinski definition) is 1. The van der Waals surface area contributed by atoms with E-state index in [-0.39, 0.29) is 0 Å². The minimum absolute atomic E-state index is 0.391. The van der Waals surface area contributed by atoms with Gasteiger partial charge in [0.25, 0.3) is 0 Å². The van der Waals surface area contributed by atoms with Crippen molar-refractivity contribution in [3.63, 3.8) is 0 Å². The number of likely N-dealkylation sites (N-methyl/N-ethyl adjacent to an activating group) is 1. The van der Waals surface area contributed by atoms with Gasteiger partial charge in [-0.25, -0.2) is 0 Å². The molecule has 0 amide bonds. The average molecular weight is 228 g/mol. The van der Waals surface area contributed by atoms with Crippen molar-refractivity contribution >= 4 is 0 Å². The molecule has 3 heteroatoms. The second-order valence-corrected chi connectivity index (χ2v) is 4.94. The Morgan fingerprint density at radius 3 is 2.94 bits per heavy atom. The van der Waals surface area contributed by atoms with Crippen molar-refractivity contribution in [2.45, 2.75) is 39.7 Å². The Morgan fingerprint density at radius 1 is 1.44 bits per heavy atom. The van der Waals surface area contributed by atoms with Gasteiger partial charge in [0.05, 0.1) is 12.7 Å². The van der Waals surface area contributed by atoms with Crippen LogP contribution in [0.25, 0.3) is 0 Å². The predicted octanol–water partition coefficient (Wildman–Crippen LogP) is 1.73. The molecule has 0 saturated carbocycles. The van der Waals surface area contributed by atoms with E-state index in [1.165, 1.54) is 12.8 Å². The topological polar surface area (TPSA) is 24.5 Å². The summed E-state index contributed by atoms with van der Waals surface area (Å²) in [6.07, 6.45) is 2.99. The molecule has 1 aliphatic rings. The van der Waals surface area contributed by atoms with Gasteiger partial charge in [-0.15, -0.1) is 0 Å². The predicted molar refractivity (Wildman–Crippen MR) is 68.8 cm³/mol. The first-order valence-electron chi connectivity index (χ1n) is 6.80. The van der Waals surface area contributed by atoms with Crippen LogP contribution in [0, 0.1) is 5.92 Å². The highest BCUT2D eigenvalue weighted by atomic mass is 16.5. The van der Waals surface area contributed by atoms with Gasteiger partial charge in [0, 0.05) is 19.6 Å². The molecule has 0 aromatic heterocycles. The lowest BCUT2D eigenvalue weighted by atomic mass is 10.1. The van der Waals surface area contributed by atoms with Gasteiger partial charge in [0.1, 0.15) is 0 Å². The molecule has 1 aliphatic heterocycles. The molecule has 16 heavy (non-hydrogen) atoms. The normalized spacial score (nSPS) is 24.6. The first-order valence-corrected chi connectivity index (χ1v) is 6.80. The Bertz CT molecular complexity index is 175. The van der Waals surface area contributed by atoms with Gasteiger partial charge in [-0.3, -0.25) is 4.90 Å². The van der Waals surface area contributed by atoms with Gasteiger partial charge in [0.15, 0.2) is 0 Å². The SMILES string of the molecule is CCCC(C)CNCC1CN(CC)CCO1. The lowest BCUT2D eigenvalue weighted by molar-refractivity contribution is -0.0254. The Labute approximate surface area is 101 Å². The Kier molecular flexibility index (Phi) is 7.01. The molecule has 1 heterocycles. The third-order valence-electron chi connectivity index (χ3n) is 3.32. The fraction of sp³-hybridized carbons (Fsp3) is 1.00. The molecule has 1 N–H and O–H groups in total. The van der Waals surface area contributed by atoms with Crippen LogP contribution in [0.1, 0.15) is 33.6 Å². The molecule has 0 aromatic rings. The molecule has 1 fully saturated rings. The largest absolute Gasteiger partial charge is 0.374 e. The van der Waals surface area contributed by atoms with E-state index >= 15 is 0 Å². The van der Waals surface area contributed by atoms with E-state index in [0.29, 0.717) is 6.10 Å². The number of hydrogen-bond acceptors (Lipinski definition) is 3. The highest BCUT2D eigenvalue weighted by Gasteiger charge is 2.18. The molecule has 3 nitrogen and oxygen atoms in total. The fourth-order valence-corrected chi connectivity index (χ4v) is 2.28. The van der Waals surface area contributed by atoms with Crippen molar-refractivity contribution < 1.29 is 4.74 Å². The van der Waals surface area contributed by atoms with Crippen molar-refractivity contribution in [1.82, 2.24) is 10.2 Å². The van der Waals surface area contributed by atoms with Gasteiger partial charge >= 0.3 is 0 Å².